The van der Waals surface area contributed by atoms with E-state index >= 15 is 4.39 Å². The highest BCUT2D eigenvalue weighted by Crippen LogP contribution is 2.38. The predicted octanol–water partition coefficient (Wildman–Crippen LogP) is 7.03. The number of aromatic nitrogens is 3. The van der Waals surface area contributed by atoms with E-state index in [9.17, 15) is 9.59 Å². The number of thiophene rings is 1. The molecule has 0 aliphatic heterocycles. The molecule has 0 fully saturated rings. The van der Waals surface area contributed by atoms with Crippen LogP contribution < -0.4 is 15.2 Å². The number of hydrogen-bond acceptors (Lipinski definition) is 6. The number of halogens is 1. The lowest BCUT2D eigenvalue weighted by molar-refractivity contribution is 0.0991. The van der Waals surface area contributed by atoms with Gasteiger partial charge in [-0.1, -0.05) is 45.0 Å². The summed E-state index contributed by atoms with van der Waals surface area (Å²) >= 11 is 1.51. The lowest BCUT2D eigenvalue weighted by Crippen LogP contribution is -2.27. The third kappa shape index (κ3) is 5.81. The van der Waals surface area contributed by atoms with Crippen LogP contribution in [0.3, 0.4) is 0 Å². The monoisotopic (exact) mass is 572 g/mol. The summed E-state index contributed by atoms with van der Waals surface area (Å²) in [4.78, 5) is 33.5. The van der Waals surface area contributed by atoms with Gasteiger partial charge in [0.2, 0.25) is 0 Å². The Hall–Kier alpha value is -4.24. The standard InChI is InChI=1S/C32H33FN4O3S/c1-20-29(31(39)37(22-10-8-7-9-11-22)36(20)19-32(2,3)4)25(38)17-21-12-13-26(23(33)16-21)40-27-14-15-34-24-18-28(35(5)6)41-30(24)27/h7-16,18H,17,19H2,1-6H3. The fraction of sp³-hybridized carbons (Fsp3) is 0.281. The van der Waals surface area contributed by atoms with Crippen molar-refractivity contribution in [3.05, 3.63) is 99.9 Å². The molecule has 3 aromatic heterocycles. The van der Waals surface area contributed by atoms with E-state index < -0.39 is 5.82 Å². The van der Waals surface area contributed by atoms with E-state index in [2.05, 4.69) is 25.8 Å². The van der Waals surface area contributed by atoms with Crippen LogP contribution >= 0.6 is 11.3 Å². The minimum Gasteiger partial charge on any atom is -0.453 e. The van der Waals surface area contributed by atoms with E-state index in [1.54, 1.807) is 29.9 Å². The molecule has 9 heteroatoms. The van der Waals surface area contributed by atoms with Gasteiger partial charge in [-0.25, -0.2) is 9.07 Å². The van der Waals surface area contributed by atoms with Crippen molar-refractivity contribution in [1.82, 2.24) is 14.3 Å². The maximum Gasteiger partial charge on any atom is 0.282 e. The molecule has 0 atom stereocenters. The van der Waals surface area contributed by atoms with Gasteiger partial charge >= 0.3 is 0 Å². The molecule has 0 aliphatic carbocycles. The average Bonchev–Trinajstić information content (AvgIpc) is 3.45. The molecule has 0 spiro atoms. The maximum absolute atomic E-state index is 15.2. The number of hydrogen-bond donors (Lipinski definition) is 0. The zero-order valence-corrected chi connectivity index (χ0v) is 24.9. The number of carbonyl (C=O) groups is 1. The van der Waals surface area contributed by atoms with E-state index in [0.717, 1.165) is 15.2 Å². The zero-order chi connectivity index (χ0) is 29.5. The Bertz CT molecular complexity index is 1800. The number of benzene rings is 2. The first kappa shape index (κ1) is 28.3. The summed E-state index contributed by atoms with van der Waals surface area (Å²) in [5, 5.41) is 1.01. The van der Waals surface area contributed by atoms with Gasteiger partial charge in [0.25, 0.3) is 5.56 Å². The van der Waals surface area contributed by atoms with Gasteiger partial charge in [-0.15, -0.1) is 11.3 Å². The van der Waals surface area contributed by atoms with Gasteiger partial charge < -0.3 is 9.64 Å². The summed E-state index contributed by atoms with van der Waals surface area (Å²) in [6.07, 6.45) is 1.52. The van der Waals surface area contributed by atoms with Crippen LogP contribution in [0.15, 0.2) is 71.7 Å². The lowest BCUT2D eigenvalue weighted by atomic mass is 9.97. The van der Waals surface area contributed by atoms with Gasteiger partial charge in [-0.2, -0.15) is 0 Å². The Morgan fingerprint density at radius 3 is 2.44 bits per heavy atom. The van der Waals surface area contributed by atoms with E-state index in [0.29, 0.717) is 29.2 Å². The number of Topliss-reactive ketones (excluding diaryl/α,β-unsaturated/α-hetero) is 1. The second kappa shape index (κ2) is 11.0. The molecule has 0 saturated heterocycles. The van der Waals surface area contributed by atoms with Crippen molar-refractivity contribution in [2.45, 2.75) is 40.7 Å². The Labute approximate surface area is 242 Å². The van der Waals surface area contributed by atoms with Crippen molar-refractivity contribution < 1.29 is 13.9 Å². The van der Waals surface area contributed by atoms with E-state index in [1.165, 1.54) is 23.5 Å². The number of anilines is 1. The summed E-state index contributed by atoms with van der Waals surface area (Å²) in [5.41, 5.74) is 2.11. The van der Waals surface area contributed by atoms with Crippen LogP contribution in [0.2, 0.25) is 0 Å². The van der Waals surface area contributed by atoms with Gasteiger partial charge in [0.15, 0.2) is 17.3 Å². The van der Waals surface area contributed by atoms with Crippen molar-refractivity contribution in [1.29, 1.82) is 0 Å². The summed E-state index contributed by atoms with van der Waals surface area (Å²) in [6, 6.07) is 17.4. The number of para-hydroxylation sites is 1. The lowest BCUT2D eigenvalue weighted by Gasteiger charge is -2.23. The topological polar surface area (TPSA) is 69.4 Å². The van der Waals surface area contributed by atoms with Crippen molar-refractivity contribution in [3.63, 3.8) is 0 Å². The quantitative estimate of drug-likeness (QED) is 0.187. The average molecular weight is 573 g/mol. The van der Waals surface area contributed by atoms with Crippen LogP contribution in [-0.2, 0) is 13.0 Å². The van der Waals surface area contributed by atoms with Crippen LogP contribution in [0.25, 0.3) is 15.9 Å². The Morgan fingerprint density at radius 1 is 1.05 bits per heavy atom. The van der Waals surface area contributed by atoms with Crippen molar-refractivity contribution in [3.8, 4) is 17.2 Å². The van der Waals surface area contributed by atoms with Crippen LogP contribution in [0.1, 0.15) is 42.4 Å². The summed E-state index contributed by atoms with van der Waals surface area (Å²) in [5.74, 6) is -0.391. The molecule has 0 amide bonds. The number of pyridine rings is 1. The van der Waals surface area contributed by atoms with Crippen molar-refractivity contribution >= 4 is 32.3 Å². The van der Waals surface area contributed by atoms with Crippen LogP contribution in [0, 0.1) is 18.2 Å². The molecule has 0 saturated carbocycles. The fourth-order valence-electron chi connectivity index (χ4n) is 4.77. The van der Waals surface area contributed by atoms with Crippen LogP contribution in [0.5, 0.6) is 11.5 Å². The summed E-state index contributed by atoms with van der Waals surface area (Å²) < 4.78 is 25.4. The number of fused-ring (bicyclic) bond motifs is 1. The van der Waals surface area contributed by atoms with Gasteiger partial charge in [0.1, 0.15) is 11.3 Å². The van der Waals surface area contributed by atoms with Gasteiger partial charge in [-0.3, -0.25) is 19.3 Å². The normalized spacial score (nSPS) is 11.7. The largest absolute Gasteiger partial charge is 0.453 e. The maximum atomic E-state index is 15.2. The molecular weight excluding hydrogens is 539 g/mol. The number of rotatable bonds is 8. The highest BCUT2D eigenvalue weighted by Gasteiger charge is 2.26. The fourth-order valence-corrected chi connectivity index (χ4v) is 5.76. The molecule has 0 radical (unpaired) electrons. The first-order valence-corrected chi connectivity index (χ1v) is 14.2. The number of ether oxygens (including phenoxy) is 1. The molecule has 0 aliphatic rings. The van der Waals surface area contributed by atoms with Crippen molar-refractivity contribution in [2.24, 2.45) is 5.41 Å². The predicted molar refractivity (Wildman–Crippen MR) is 163 cm³/mol. The molecule has 3 heterocycles. The summed E-state index contributed by atoms with van der Waals surface area (Å²) in [7, 11) is 3.89. The highest BCUT2D eigenvalue weighted by molar-refractivity contribution is 7.23. The van der Waals surface area contributed by atoms with Crippen LogP contribution in [0.4, 0.5) is 9.39 Å². The zero-order valence-electron chi connectivity index (χ0n) is 24.1. The Kier molecular flexibility index (Phi) is 7.57. The van der Waals surface area contributed by atoms with E-state index in [4.69, 9.17) is 4.74 Å². The number of carbonyl (C=O) groups excluding carboxylic acids is 1. The molecule has 41 heavy (non-hydrogen) atoms. The Balaban J connectivity index is 1.43. The van der Waals surface area contributed by atoms with E-state index in [-0.39, 0.29) is 34.5 Å². The van der Waals surface area contributed by atoms with Crippen molar-refractivity contribution in [2.75, 3.05) is 19.0 Å². The molecule has 5 rings (SSSR count). The third-order valence-corrected chi connectivity index (χ3v) is 7.99. The minimum atomic E-state index is -0.589. The molecule has 0 N–H and O–H groups in total. The molecule has 212 valence electrons. The molecule has 0 unspecified atom stereocenters. The van der Waals surface area contributed by atoms with Crippen LogP contribution in [-0.4, -0.2) is 34.2 Å². The summed E-state index contributed by atoms with van der Waals surface area (Å²) in [6.45, 7) is 8.57. The molecule has 2 aromatic carbocycles. The first-order valence-electron chi connectivity index (χ1n) is 13.4. The Morgan fingerprint density at radius 2 is 1.78 bits per heavy atom. The molecular formula is C32H33FN4O3S. The second-order valence-corrected chi connectivity index (χ2v) is 12.5. The second-order valence-electron chi connectivity index (χ2n) is 11.5. The van der Waals surface area contributed by atoms with Gasteiger partial charge in [0.05, 0.1) is 20.9 Å². The molecule has 5 aromatic rings. The van der Waals surface area contributed by atoms with E-state index in [1.807, 2.05) is 60.1 Å². The number of ketones is 1. The molecule has 7 nitrogen and oxygen atoms in total. The van der Waals surface area contributed by atoms with Gasteiger partial charge in [-0.05, 0) is 48.2 Å². The number of nitrogens with zero attached hydrogens (tertiary/aromatic N) is 4. The smallest absolute Gasteiger partial charge is 0.282 e. The SMILES string of the molecule is Cc1c(C(=O)Cc2ccc(Oc3ccnc4cc(N(C)C)sc34)c(F)c2)c(=O)n(-c2ccccc2)n1CC(C)(C)C. The van der Waals surface area contributed by atoms with Gasteiger partial charge in [0, 0.05) is 45.0 Å². The third-order valence-electron chi connectivity index (χ3n) is 6.68. The minimum absolute atomic E-state index is 0.0486. The highest BCUT2D eigenvalue weighted by atomic mass is 32.1. The first-order chi connectivity index (χ1) is 19.4. The molecule has 0 bridgehead atoms.